The number of rotatable bonds is 4. The van der Waals surface area contributed by atoms with Gasteiger partial charge in [0.25, 0.3) is 0 Å². The van der Waals surface area contributed by atoms with Crippen molar-refractivity contribution >= 4 is 34.1 Å². The van der Waals surface area contributed by atoms with E-state index in [9.17, 15) is 9.00 Å². The maximum absolute atomic E-state index is 11.8. The van der Waals surface area contributed by atoms with Crippen LogP contribution in [0.3, 0.4) is 0 Å². The van der Waals surface area contributed by atoms with E-state index in [4.69, 9.17) is 22.1 Å². The minimum absolute atomic E-state index is 0.174. The number of esters is 1. The van der Waals surface area contributed by atoms with Gasteiger partial charge in [-0.1, -0.05) is 17.7 Å². The molecule has 0 aromatic heterocycles. The highest BCUT2D eigenvalue weighted by Gasteiger charge is 2.19. The van der Waals surface area contributed by atoms with Crippen molar-refractivity contribution in [1.82, 2.24) is 0 Å². The maximum Gasteiger partial charge on any atom is 0.340 e. The van der Waals surface area contributed by atoms with Gasteiger partial charge in [-0.25, -0.2) is 4.79 Å². The van der Waals surface area contributed by atoms with Gasteiger partial charge >= 0.3 is 5.97 Å². The first-order valence-electron chi connectivity index (χ1n) is 5.01. The second kappa shape index (κ2) is 6.02. The lowest BCUT2D eigenvalue weighted by Gasteiger charge is -2.11. The number of carbonyl (C=O) groups excluding carboxylic acids is 1. The van der Waals surface area contributed by atoms with Crippen LogP contribution in [-0.2, 0) is 21.3 Å². The standard InChI is InChI=1S/C11H14ClNO3S/c1-3-16-11(14)9-7(6-17(2)15)4-5-8(12)10(9)13/h4-5H,3,6,13H2,1-2H3. The number of ether oxygens (including phenoxy) is 1. The van der Waals surface area contributed by atoms with Gasteiger partial charge in [0.2, 0.25) is 0 Å². The molecule has 0 saturated carbocycles. The Labute approximate surface area is 108 Å². The van der Waals surface area contributed by atoms with Crippen molar-refractivity contribution in [3.8, 4) is 0 Å². The molecule has 94 valence electrons. The molecule has 0 amide bonds. The molecule has 0 radical (unpaired) electrons. The third-order valence-electron chi connectivity index (χ3n) is 2.12. The van der Waals surface area contributed by atoms with Crippen molar-refractivity contribution < 1.29 is 13.7 Å². The van der Waals surface area contributed by atoms with Crippen LogP contribution in [0.15, 0.2) is 12.1 Å². The molecule has 4 nitrogen and oxygen atoms in total. The van der Waals surface area contributed by atoms with E-state index in [0.29, 0.717) is 10.6 Å². The van der Waals surface area contributed by atoms with E-state index in [2.05, 4.69) is 0 Å². The van der Waals surface area contributed by atoms with Gasteiger partial charge in [-0.3, -0.25) is 4.21 Å². The molecule has 0 aliphatic heterocycles. The third kappa shape index (κ3) is 3.44. The molecule has 1 rings (SSSR count). The molecule has 0 fully saturated rings. The number of hydrogen-bond donors (Lipinski definition) is 1. The molecule has 1 atom stereocenters. The number of nitrogen functional groups attached to an aromatic ring is 1. The Balaban J connectivity index is 3.25. The van der Waals surface area contributed by atoms with Crippen LogP contribution in [0.25, 0.3) is 0 Å². The van der Waals surface area contributed by atoms with E-state index in [1.54, 1.807) is 25.3 Å². The molecule has 0 saturated heterocycles. The first-order valence-corrected chi connectivity index (χ1v) is 7.11. The Kier molecular flexibility index (Phi) is 4.96. The highest BCUT2D eigenvalue weighted by Crippen LogP contribution is 2.27. The molecule has 0 heterocycles. The van der Waals surface area contributed by atoms with Crippen LogP contribution >= 0.6 is 11.6 Å². The van der Waals surface area contributed by atoms with Crippen molar-refractivity contribution in [3.05, 3.63) is 28.3 Å². The Morgan fingerprint density at radius 2 is 2.18 bits per heavy atom. The van der Waals surface area contributed by atoms with Crippen molar-refractivity contribution in [2.24, 2.45) is 0 Å². The van der Waals surface area contributed by atoms with Gasteiger partial charge in [0.1, 0.15) is 0 Å². The molecule has 0 spiro atoms. The topological polar surface area (TPSA) is 69.4 Å². The molecule has 6 heteroatoms. The smallest absolute Gasteiger partial charge is 0.340 e. The normalized spacial score (nSPS) is 12.2. The van der Waals surface area contributed by atoms with Crippen LogP contribution in [0.2, 0.25) is 5.02 Å². The molecule has 1 aromatic rings. The first kappa shape index (κ1) is 14.0. The van der Waals surface area contributed by atoms with Crippen LogP contribution in [0.1, 0.15) is 22.8 Å². The summed E-state index contributed by atoms with van der Waals surface area (Å²) >= 11 is 5.86. The summed E-state index contributed by atoms with van der Waals surface area (Å²) in [5, 5.41) is 0.290. The van der Waals surface area contributed by atoms with Crippen LogP contribution < -0.4 is 5.73 Å². The minimum Gasteiger partial charge on any atom is -0.462 e. The van der Waals surface area contributed by atoms with Gasteiger partial charge in [0.05, 0.1) is 22.9 Å². The molecule has 17 heavy (non-hydrogen) atoms. The molecule has 1 aromatic carbocycles. The molecule has 0 aliphatic rings. The van der Waals surface area contributed by atoms with Gasteiger partial charge < -0.3 is 10.5 Å². The Hall–Kier alpha value is -1.07. The SMILES string of the molecule is CCOC(=O)c1c(CS(C)=O)ccc(Cl)c1N. The summed E-state index contributed by atoms with van der Waals surface area (Å²) in [4.78, 5) is 11.8. The molecule has 2 N–H and O–H groups in total. The highest BCUT2D eigenvalue weighted by molar-refractivity contribution is 7.83. The first-order chi connectivity index (χ1) is 7.97. The lowest BCUT2D eigenvalue weighted by molar-refractivity contribution is 0.0526. The summed E-state index contributed by atoms with van der Waals surface area (Å²) < 4.78 is 16.1. The Morgan fingerprint density at radius 3 is 2.71 bits per heavy atom. The van der Waals surface area contributed by atoms with Gasteiger partial charge in [0, 0.05) is 22.8 Å². The van der Waals surface area contributed by atoms with E-state index in [-0.39, 0.29) is 23.6 Å². The fourth-order valence-electron chi connectivity index (χ4n) is 1.42. The van der Waals surface area contributed by atoms with Crippen molar-refractivity contribution in [1.29, 1.82) is 0 Å². The van der Waals surface area contributed by atoms with E-state index < -0.39 is 16.8 Å². The molecular weight excluding hydrogens is 262 g/mol. The zero-order valence-corrected chi connectivity index (χ0v) is 11.2. The quantitative estimate of drug-likeness (QED) is 0.674. The lowest BCUT2D eigenvalue weighted by Crippen LogP contribution is -2.12. The van der Waals surface area contributed by atoms with E-state index in [1.165, 1.54) is 0 Å². The summed E-state index contributed by atoms with van der Waals surface area (Å²) in [6.07, 6.45) is 1.56. The summed E-state index contributed by atoms with van der Waals surface area (Å²) in [6, 6.07) is 3.23. The fourth-order valence-corrected chi connectivity index (χ4v) is 2.26. The second-order valence-corrected chi connectivity index (χ2v) is 5.28. The van der Waals surface area contributed by atoms with Crippen molar-refractivity contribution in [2.45, 2.75) is 12.7 Å². The molecule has 0 aliphatic carbocycles. The van der Waals surface area contributed by atoms with Crippen LogP contribution in [0.4, 0.5) is 5.69 Å². The molecule has 0 bridgehead atoms. The van der Waals surface area contributed by atoms with E-state index in [1.807, 2.05) is 0 Å². The predicted molar refractivity (Wildman–Crippen MR) is 69.6 cm³/mol. The summed E-state index contributed by atoms with van der Waals surface area (Å²) in [7, 11) is -1.07. The number of carbonyl (C=O) groups is 1. The van der Waals surface area contributed by atoms with Gasteiger partial charge in [-0.15, -0.1) is 0 Å². The average molecular weight is 276 g/mol. The number of anilines is 1. The fraction of sp³-hybridized carbons (Fsp3) is 0.364. The number of benzene rings is 1. The van der Waals surface area contributed by atoms with Crippen LogP contribution in [0.5, 0.6) is 0 Å². The summed E-state index contributed by atoms with van der Waals surface area (Å²) in [5.41, 5.74) is 6.74. The van der Waals surface area contributed by atoms with Gasteiger partial charge in [-0.2, -0.15) is 0 Å². The molecule has 1 unspecified atom stereocenters. The van der Waals surface area contributed by atoms with Crippen molar-refractivity contribution in [3.63, 3.8) is 0 Å². The summed E-state index contributed by atoms with van der Waals surface area (Å²) in [5.74, 6) is -0.289. The molecular formula is C11H14ClNO3S. The second-order valence-electron chi connectivity index (χ2n) is 3.43. The van der Waals surface area contributed by atoms with Gasteiger partial charge in [-0.05, 0) is 18.6 Å². The third-order valence-corrected chi connectivity index (χ3v) is 3.16. The lowest BCUT2D eigenvalue weighted by atomic mass is 10.1. The number of nitrogens with two attached hydrogens (primary N) is 1. The van der Waals surface area contributed by atoms with Crippen LogP contribution in [0, 0.1) is 0 Å². The predicted octanol–water partition coefficient (Wildman–Crippen LogP) is 1.98. The van der Waals surface area contributed by atoms with Crippen LogP contribution in [-0.4, -0.2) is 23.0 Å². The van der Waals surface area contributed by atoms with Gasteiger partial charge in [0.15, 0.2) is 0 Å². The number of halogens is 1. The zero-order chi connectivity index (χ0) is 13.0. The largest absolute Gasteiger partial charge is 0.462 e. The summed E-state index contributed by atoms with van der Waals surface area (Å²) in [6.45, 7) is 1.95. The highest BCUT2D eigenvalue weighted by atomic mass is 35.5. The maximum atomic E-state index is 11.8. The minimum atomic E-state index is -1.07. The average Bonchev–Trinajstić information content (AvgIpc) is 2.23. The van der Waals surface area contributed by atoms with E-state index in [0.717, 1.165) is 0 Å². The Morgan fingerprint density at radius 1 is 1.53 bits per heavy atom. The van der Waals surface area contributed by atoms with Crippen molar-refractivity contribution in [2.75, 3.05) is 18.6 Å². The monoisotopic (exact) mass is 275 g/mol. The van der Waals surface area contributed by atoms with E-state index >= 15 is 0 Å². The number of hydrogen-bond acceptors (Lipinski definition) is 4. The Bertz CT molecular complexity index is 462. The zero-order valence-electron chi connectivity index (χ0n) is 9.66.